The fourth-order valence-electron chi connectivity index (χ4n) is 2.84. The lowest BCUT2D eigenvalue weighted by Gasteiger charge is -2.36. The maximum atomic E-state index is 10.8. The van der Waals surface area contributed by atoms with Crippen molar-refractivity contribution >= 4 is 21.9 Å². The Morgan fingerprint density at radius 2 is 2.37 bits per heavy atom. The third kappa shape index (κ3) is 4.05. The summed E-state index contributed by atoms with van der Waals surface area (Å²) in [6.45, 7) is 4.15. The molecule has 1 aliphatic rings. The second-order valence-electron chi connectivity index (χ2n) is 5.33. The molecule has 1 fully saturated rings. The fraction of sp³-hybridized carbons (Fsp3) is 0.533. The van der Waals surface area contributed by atoms with E-state index in [4.69, 9.17) is 5.11 Å². The van der Waals surface area contributed by atoms with Gasteiger partial charge in [0.15, 0.2) is 0 Å². The van der Waals surface area contributed by atoms with Crippen LogP contribution >= 0.6 is 15.9 Å². The third-order valence-electron chi connectivity index (χ3n) is 3.89. The maximum Gasteiger partial charge on any atom is 0.303 e. The number of likely N-dealkylation sites (tertiary alicyclic amines) is 1. The Labute approximate surface area is 122 Å². The largest absolute Gasteiger partial charge is 0.481 e. The summed E-state index contributed by atoms with van der Waals surface area (Å²) in [5, 5.41) is 8.92. The number of hydrogen-bond acceptors (Lipinski definition) is 2. The number of rotatable bonds is 4. The van der Waals surface area contributed by atoms with E-state index in [9.17, 15) is 4.79 Å². The molecule has 104 valence electrons. The number of halogens is 1. The molecule has 0 aliphatic carbocycles. The molecule has 1 aliphatic heterocycles. The Bertz CT molecular complexity index is 450. The molecule has 1 N–H and O–H groups in total. The summed E-state index contributed by atoms with van der Waals surface area (Å²) < 4.78 is 1.09. The number of carboxylic acid groups (broad SMARTS) is 1. The number of aliphatic carboxylic acids is 1. The Hall–Kier alpha value is -0.870. The normalized spacial score (nSPS) is 22.1. The predicted molar refractivity (Wildman–Crippen MR) is 79.1 cm³/mol. The van der Waals surface area contributed by atoms with Gasteiger partial charge in [0.25, 0.3) is 0 Å². The van der Waals surface area contributed by atoms with Gasteiger partial charge in [0.1, 0.15) is 0 Å². The van der Waals surface area contributed by atoms with Crippen molar-refractivity contribution in [3.63, 3.8) is 0 Å². The second kappa shape index (κ2) is 6.53. The first-order valence-electron chi connectivity index (χ1n) is 6.77. The Morgan fingerprint density at radius 1 is 1.58 bits per heavy atom. The molecule has 0 spiro atoms. The van der Waals surface area contributed by atoms with Crippen LogP contribution in [0.15, 0.2) is 28.7 Å². The van der Waals surface area contributed by atoms with Crippen LogP contribution in [0.25, 0.3) is 0 Å². The molecule has 1 aromatic carbocycles. The van der Waals surface area contributed by atoms with E-state index in [0.717, 1.165) is 30.4 Å². The van der Waals surface area contributed by atoms with E-state index in [2.05, 4.69) is 46.0 Å². The van der Waals surface area contributed by atoms with Crippen LogP contribution in [0, 0.1) is 5.92 Å². The van der Waals surface area contributed by atoms with Crippen LogP contribution in [0.5, 0.6) is 0 Å². The van der Waals surface area contributed by atoms with Crippen molar-refractivity contribution in [1.29, 1.82) is 0 Å². The van der Waals surface area contributed by atoms with Crippen molar-refractivity contribution in [3.05, 3.63) is 34.3 Å². The van der Waals surface area contributed by atoms with Crippen LogP contribution in [0.3, 0.4) is 0 Å². The number of piperidine rings is 1. The van der Waals surface area contributed by atoms with Gasteiger partial charge >= 0.3 is 5.97 Å². The van der Waals surface area contributed by atoms with E-state index in [-0.39, 0.29) is 0 Å². The van der Waals surface area contributed by atoms with Crippen molar-refractivity contribution in [1.82, 2.24) is 4.90 Å². The average Bonchev–Trinajstić information content (AvgIpc) is 2.37. The average molecular weight is 326 g/mol. The Balaban J connectivity index is 2.02. The topological polar surface area (TPSA) is 40.5 Å². The Kier molecular flexibility index (Phi) is 4.99. The van der Waals surface area contributed by atoms with Gasteiger partial charge in [-0.2, -0.15) is 0 Å². The van der Waals surface area contributed by atoms with Gasteiger partial charge in [-0.1, -0.05) is 28.1 Å². The SMILES string of the molecule is CC(c1cccc(Br)c1)N1CCCC(CC(=O)O)C1. The third-order valence-corrected chi connectivity index (χ3v) is 4.39. The monoisotopic (exact) mass is 325 g/mol. The standard InChI is InChI=1S/C15H20BrNO2/c1-11(13-5-2-6-14(16)9-13)17-7-3-4-12(10-17)8-15(18)19/h2,5-6,9,11-12H,3-4,7-8,10H2,1H3,(H,18,19). The molecular weight excluding hydrogens is 306 g/mol. The maximum absolute atomic E-state index is 10.8. The molecule has 1 heterocycles. The van der Waals surface area contributed by atoms with Gasteiger partial charge in [0, 0.05) is 23.5 Å². The highest BCUT2D eigenvalue weighted by atomic mass is 79.9. The minimum absolute atomic E-state index is 0.292. The van der Waals surface area contributed by atoms with Crippen molar-refractivity contribution in [2.24, 2.45) is 5.92 Å². The van der Waals surface area contributed by atoms with E-state index < -0.39 is 5.97 Å². The number of nitrogens with zero attached hydrogens (tertiary/aromatic N) is 1. The van der Waals surface area contributed by atoms with E-state index in [0.29, 0.717) is 18.4 Å². The van der Waals surface area contributed by atoms with Gasteiger partial charge in [-0.3, -0.25) is 9.69 Å². The number of carbonyl (C=O) groups is 1. The highest BCUT2D eigenvalue weighted by Gasteiger charge is 2.25. The van der Waals surface area contributed by atoms with Crippen molar-refractivity contribution < 1.29 is 9.90 Å². The molecule has 2 unspecified atom stereocenters. The van der Waals surface area contributed by atoms with Gasteiger partial charge in [-0.25, -0.2) is 0 Å². The lowest BCUT2D eigenvalue weighted by molar-refractivity contribution is -0.138. The molecule has 2 atom stereocenters. The summed E-state index contributed by atoms with van der Waals surface area (Å²) in [7, 11) is 0. The predicted octanol–water partition coefficient (Wildman–Crippen LogP) is 3.70. The highest BCUT2D eigenvalue weighted by molar-refractivity contribution is 9.10. The molecule has 0 radical (unpaired) electrons. The summed E-state index contributed by atoms with van der Waals surface area (Å²) >= 11 is 3.50. The molecule has 0 aromatic heterocycles. The van der Waals surface area contributed by atoms with Crippen LogP contribution < -0.4 is 0 Å². The number of benzene rings is 1. The van der Waals surface area contributed by atoms with Crippen LogP contribution in [0.2, 0.25) is 0 Å². The zero-order valence-corrected chi connectivity index (χ0v) is 12.8. The van der Waals surface area contributed by atoms with Gasteiger partial charge in [-0.15, -0.1) is 0 Å². The van der Waals surface area contributed by atoms with Crippen molar-refractivity contribution in [2.75, 3.05) is 13.1 Å². The molecule has 1 saturated heterocycles. The summed E-state index contributed by atoms with van der Waals surface area (Å²) in [6, 6.07) is 8.70. The van der Waals surface area contributed by atoms with Crippen LogP contribution in [-0.2, 0) is 4.79 Å². The molecule has 4 heteroatoms. The lowest BCUT2D eigenvalue weighted by atomic mass is 9.93. The number of carboxylic acids is 1. The van der Waals surface area contributed by atoms with E-state index in [1.165, 1.54) is 5.56 Å². The van der Waals surface area contributed by atoms with E-state index in [1.807, 2.05) is 6.07 Å². The van der Waals surface area contributed by atoms with Crippen molar-refractivity contribution in [3.8, 4) is 0 Å². The van der Waals surface area contributed by atoms with E-state index >= 15 is 0 Å². The quantitative estimate of drug-likeness (QED) is 0.917. The van der Waals surface area contributed by atoms with Crippen LogP contribution in [0.1, 0.15) is 37.8 Å². The molecule has 3 nitrogen and oxygen atoms in total. The molecule has 1 aromatic rings. The summed E-state index contributed by atoms with van der Waals surface area (Å²) in [4.78, 5) is 13.2. The summed E-state index contributed by atoms with van der Waals surface area (Å²) in [5.74, 6) is -0.386. The van der Waals surface area contributed by atoms with Gasteiger partial charge in [0.05, 0.1) is 0 Å². The zero-order valence-electron chi connectivity index (χ0n) is 11.2. The first kappa shape index (κ1) is 14.5. The molecule has 0 amide bonds. The minimum atomic E-state index is -0.679. The summed E-state index contributed by atoms with van der Waals surface area (Å²) in [6.07, 6.45) is 2.42. The second-order valence-corrected chi connectivity index (χ2v) is 6.25. The minimum Gasteiger partial charge on any atom is -0.481 e. The van der Waals surface area contributed by atoms with Crippen molar-refractivity contribution in [2.45, 2.75) is 32.2 Å². The van der Waals surface area contributed by atoms with Gasteiger partial charge < -0.3 is 5.11 Å². The number of hydrogen-bond donors (Lipinski definition) is 1. The fourth-order valence-corrected chi connectivity index (χ4v) is 3.26. The summed E-state index contributed by atoms with van der Waals surface area (Å²) in [5.41, 5.74) is 1.28. The smallest absolute Gasteiger partial charge is 0.303 e. The first-order chi connectivity index (χ1) is 9.06. The van der Waals surface area contributed by atoms with E-state index in [1.54, 1.807) is 0 Å². The molecule has 0 saturated carbocycles. The lowest BCUT2D eigenvalue weighted by Crippen LogP contribution is -2.37. The van der Waals surface area contributed by atoms with Gasteiger partial charge in [0.2, 0.25) is 0 Å². The molecule has 0 bridgehead atoms. The first-order valence-corrected chi connectivity index (χ1v) is 7.57. The van der Waals surface area contributed by atoms with Crippen LogP contribution in [0.4, 0.5) is 0 Å². The van der Waals surface area contributed by atoms with Crippen LogP contribution in [-0.4, -0.2) is 29.1 Å². The van der Waals surface area contributed by atoms with Gasteiger partial charge in [-0.05, 0) is 49.9 Å². The molecule has 2 rings (SSSR count). The zero-order chi connectivity index (χ0) is 13.8. The molecular formula is C15H20BrNO2. The highest BCUT2D eigenvalue weighted by Crippen LogP contribution is 2.29. The Morgan fingerprint density at radius 3 is 3.05 bits per heavy atom. The molecule has 19 heavy (non-hydrogen) atoms.